The van der Waals surface area contributed by atoms with Crippen LogP contribution >= 0.6 is 0 Å². The lowest BCUT2D eigenvalue weighted by molar-refractivity contribution is -0.147. The van der Waals surface area contributed by atoms with Gasteiger partial charge in [0.05, 0.1) is 6.20 Å². The molecule has 28 heavy (non-hydrogen) atoms. The molecule has 2 amide bonds. The molecule has 2 fully saturated rings. The summed E-state index contributed by atoms with van der Waals surface area (Å²) in [7, 11) is 1.87. The van der Waals surface area contributed by atoms with Gasteiger partial charge in [-0.05, 0) is 39.5 Å². The Kier molecular flexibility index (Phi) is 4.73. The average molecular weight is 380 g/mol. The van der Waals surface area contributed by atoms with E-state index in [1.165, 1.54) is 0 Å². The number of imidazole rings is 1. The second-order valence-electron chi connectivity index (χ2n) is 8.18. The van der Waals surface area contributed by atoms with E-state index in [4.69, 9.17) is 0 Å². The van der Waals surface area contributed by atoms with Gasteiger partial charge >= 0.3 is 0 Å². The average Bonchev–Trinajstić information content (AvgIpc) is 3.28. The summed E-state index contributed by atoms with van der Waals surface area (Å²) in [6, 6.07) is 10.0. The van der Waals surface area contributed by atoms with Gasteiger partial charge in [-0.15, -0.1) is 0 Å². The standard InChI is InChI=1S/C22H28N4O2/c1-16(2)25-13-7-11-22(21(25)28)12-8-14-26(22)20(27)18-15-23-19(24(18)3)17-9-5-4-6-10-17/h4-6,9-10,15-16H,7-8,11-14H2,1-3H3. The molecule has 1 aromatic carbocycles. The summed E-state index contributed by atoms with van der Waals surface area (Å²) >= 11 is 0. The van der Waals surface area contributed by atoms with Crippen molar-refractivity contribution >= 4 is 11.8 Å². The van der Waals surface area contributed by atoms with Crippen molar-refractivity contribution in [3.8, 4) is 11.4 Å². The van der Waals surface area contributed by atoms with Gasteiger partial charge < -0.3 is 14.4 Å². The van der Waals surface area contributed by atoms with Crippen LogP contribution in [-0.2, 0) is 11.8 Å². The van der Waals surface area contributed by atoms with E-state index in [1.807, 2.05) is 65.6 Å². The predicted octanol–water partition coefficient (Wildman–Crippen LogP) is 3.09. The Morgan fingerprint density at radius 1 is 1.11 bits per heavy atom. The summed E-state index contributed by atoms with van der Waals surface area (Å²) < 4.78 is 1.84. The van der Waals surface area contributed by atoms with Crippen LogP contribution in [0.25, 0.3) is 11.4 Å². The van der Waals surface area contributed by atoms with E-state index in [1.54, 1.807) is 6.20 Å². The third kappa shape index (κ3) is 2.82. The molecular weight excluding hydrogens is 352 g/mol. The van der Waals surface area contributed by atoms with Crippen LogP contribution in [0, 0.1) is 0 Å². The molecule has 0 radical (unpaired) electrons. The number of likely N-dealkylation sites (tertiary alicyclic amines) is 2. The highest BCUT2D eigenvalue weighted by Gasteiger charge is 2.53. The maximum atomic E-state index is 13.5. The minimum Gasteiger partial charge on any atom is -0.338 e. The molecule has 1 aromatic heterocycles. The smallest absolute Gasteiger partial charge is 0.273 e. The van der Waals surface area contributed by atoms with Gasteiger partial charge in [0, 0.05) is 31.7 Å². The van der Waals surface area contributed by atoms with Crippen LogP contribution < -0.4 is 0 Å². The summed E-state index contributed by atoms with van der Waals surface area (Å²) in [4.78, 5) is 35.1. The van der Waals surface area contributed by atoms with Gasteiger partial charge in [0.2, 0.25) is 5.91 Å². The molecule has 4 rings (SSSR count). The number of hydrogen-bond donors (Lipinski definition) is 0. The van der Waals surface area contributed by atoms with E-state index in [9.17, 15) is 9.59 Å². The van der Waals surface area contributed by atoms with E-state index >= 15 is 0 Å². The van der Waals surface area contributed by atoms with Crippen molar-refractivity contribution in [2.24, 2.45) is 7.05 Å². The third-order valence-electron chi connectivity index (χ3n) is 6.24. The van der Waals surface area contributed by atoms with E-state index < -0.39 is 5.54 Å². The lowest BCUT2D eigenvalue weighted by atomic mass is 9.84. The highest BCUT2D eigenvalue weighted by Crippen LogP contribution is 2.39. The van der Waals surface area contributed by atoms with Crippen molar-refractivity contribution in [3.63, 3.8) is 0 Å². The summed E-state index contributed by atoms with van der Waals surface area (Å²) in [5.74, 6) is 0.787. The molecule has 2 aromatic rings. The molecule has 0 bridgehead atoms. The van der Waals surface area contributed by atoms with Crippen molar-refractivity contribution in [2.75, 3.05) is 13.1 Å². The lowest BCUT2D eigenvalue weighted by Gasteiger charge is -2.45. The number of aromatic nitrogens is 2. The second-order valence-corrected chi connectivity index (χ2v) is 8.18. The molecule has 0 N–H and O–H groups in total. The fraction of sp³-hybridized carbons (Fsp3) is 0.500. The van der Waals surface area contributed by atoms with Crippen LogP contribution in [-0.4, -0.2) is 55.8 Å². The Morgan fingerprint density at radius 3 is 2.46 bits per heavy atom. The minimum absolute atomic E-state index is 0.0892. The summed E-state index contributed by atoms with van der Waals surface area (Å²) in [5, 5.41) is 0. The van der Waals surface area contributed by atoms with E-state index in [-0.39, 0.29) is 17.9 Å². The number of benzene rings is 1. The zero-order chi connectivity index (χ0) is 19.9. The Labute approximate surface area is 166 Å². The van der Waals surface area contributed by atoms with Gasteiger partial charge in [-0.2, -0.15) is 0 Å². The number of piperidine rings is 1. The molecule has 2 saturated heterocycles. The van der Waals surface area contributed by atoms with Gasteiger partial charge in [0.15, 0.2) is 0 Å². The fourth-order valence-electron chi connectivity index (χ4n) is 4.77. The third-order valence-corrected chi connectivity index (χ3v) is 6.24. The molecule has 3 heterocycles. The van der Waals surface area contributed by atoms with Crippen LogP contribution in [0.2, 0.25) is 0 Å². The van der Waals surface area contributed by atoms with Crippen LogP contribution in [0.4, 0.5) is 0 Å². The molecular formula is C22H28N4O2. The van der Waals surface area contributed by atoms with Gasteiger partial charge in [0.25, 0.3) is 5.91 Å². The monoisotopic (exact) mass is 380 g/mol. The van der Waals surface area contributed by atoms with E-state index in [0.717, 1.165) is 43.6 Å². The molecule has 6 nitrogen and oxygen atoms in total. The first-order valence-corrected chi connectivity index (χ1v) is 10.2. The van der Waals surface area contributed by atoms with Crippen molar-refractivity contribution in [3.05, 3.63) is 42.2 Å². The molecule has 148 valence electrons. The van der Waals surface area contributed by atoms with Crippen LogP contribution in [0.3, 0.4) is 0 Å². The molecule has 1 unspecified atom stereocenters. The number of carbonyl (C=O) groups is 2. The van der Waals surface area contributed by atoms with Gasteiger partial charge in [-0.1, -0.05) is 30.3 Å². The Bertz CT molecular complexity index is 889. The van der Waals surface area contributed by atoms with E-state index in [2.05, 4.69) is 4.98 Å². The highest BCUT2D eigenvalue weighted by atomic mass is 16.2. The Hall–Kier alpha value is -2.63. The zero-order valence-corrected chi connectivity index (χ0v) is 16.9. The van der Waals surface area contributed by atoms with Gasteiger partial charge in [0.1, 0.15) is 17.1 Å². The SMILES string of the molecule is CC(C)N1CCCC2(CCCN2C(=O)c2cnc(-c3ccccc3)n2C)C1=O. The summed E-state index contributed by atoms with van der Waals surface area (Å²) in [5.41, 5.74) is 0.825. The van der Waals surface area contributed by atoms with Crippen LogP contribution in [0.5, 0.6) is 0 Å². The van der Waals surface area contributed by atoms with Gasteiger partial charge in [-0.3, -0.25) is 9.59 Å². The first-order chi connectivity index (χ1) is 13.5. The normalized spacial score (nSPS) is 22.5. The first-order valence-electron chi connectivity index (χ1n) is 10.2. The van der Waals surface area contributed by atoms with Crippen LogP contribution in [0.15, 0.2) is 36.5 Å². The second kappa shape index (κ2) is 7.08. The van der Waals surface area contributed by atoms with E-state index in [0.29, 0.717) is 12.2 Å². The molecule has 0 saturated carbocycles. The van der Waals surface area contributed by atoms with Crippen molar-refractivity contribution in [1.82, 2.24) is 19.4 Å². The maximum Gasteiger partial charge on any atom is 0.273 e. The maximum absolute atomic E-state index is 13.5. The van der Waals surface area contributed by atoms with Crippen LogP contribution in [0.1, 0.15) is 50.0 Å². The summed E-state index contributed by atoms with van der Waals surface area (Å²) in [6.07, 6.45) is 4.96. The number of nitrogens with zero attached hydrogens (tertiary/aromatic N) is 4. The molecule has 0 aliphatic carbocycles. The van der Waals surface area contributed by atoms with Crippen molar-refractivity contribution in [1.29, 1.82) is 0 Å². The zero-order valence-electron chi connectivity index (χ0n) is 16.9. The molecule has 1 spiro atoms. The highest BCUT2D eigenvalue weighted by molar-refractivity contribution is 5.99. The molecule has 2 aliphatic rings. The van der Waals surface area contributed by atoms with Crippen molar-refractivity contribution < 1.29 is 9.59 Å². The number of carbonyl (C=O) groups excluding carboxylic acids is 2. The van der Waals surface area contributed by atoms with Crippen molar-refractivity contribution in [2.45, 2.75) is 51.1 Å². The summed E-state index contributed by atoms with van der Waals surface area (Å²) in [6.45, 7) is 5.50. The topological polar surface area (TPSA) is 58.4 Å². The quantitative estimate of drug-likeness (QED) is 0.822. The first kappa shape index (κ1) is 18.7. The molecule has 1 atom stereocenters. The molecule has 6 heteroatoms. The Morgan fingerprint density at radius 2 is 1.79 bits per heavy atom. The fourth-order valence-corrected chi connectivity index (χ4v) is 4.77. The predicted molar refractivity (Wildman–Crippen MR) is 108 cm³/mol. The lowest BCUT2D eigenvalue weighted by Crippen LogP contribution is -2.62. The minimum atomic E-state index is -0.684. The number of amides is 2. The Balaban J connectivity index is 1.67. The number of rotatable bonds is 3. The largest absolute Gasteiger partial charge is 0.338 e. The number of hydrogen-bond acceptors (Lipinski definition) is 3. The molecule has 2 aliphatic heterocycles. The van der Waals surface area contributed by atoms with Gasteiger partial charge in [-0.25, -0.2) is 4.98 Å².